The minimum atomic E-state index is -3.62. The number of benzene rings is 1. The number of para-hydroxylation sites is 1. The Kier molecular flexibility index (Phi) is 6.14. The maximum atomic E-state index is 12.1. The topological polar surface area (TPSA) is 78.8 Å². The van der Waals surface area contributed by atoms with Gasteiger partial charge in [-0.2, -0.15) is 5.10 Å². The van der Waals surface area contributed by atoms with Gasteiger partial charge in [0.1, 0.15) is 6.54 Å². The molecule has 0 saturated carbocycles. The van der Waals surface area contributed by atoms with Crippen molar-refractivity contribution in [3.05, 3.63) is 50.6 Å². The summed E-state index contributed by atoms with van der Waals surface area (Å²) in [5, 5.41) is 5.81. The van der Waals surface area contributed by atoms with Crippen molar-refractivity contribution < 1.29 is 13.2 Å². The highest BCUT2D eigenvalue weighted by molar-refractivity contribution is 9.10. The third kappa shape index (κ3) is 4.89. The molecule has 0 saturated heterocycles. The van der Waals surface area contributed by atoms with E-state index in [9.17, 15) is 13.2 Å². The summed E-state index contributed by atoms with van der Waals surface area (Å²) in [6, 6.07) is 8.75. The molecule has 2 aromatic rings. The first-order valence-electron chi connectivity index (χ1n) is 6.87. The van der Waals surface area contributed by atoms with Gasteiger partial charge in [0.05, 0.1) is 18.2 Å². The van der Waals surface area contributed by atoms with Crippen LogP contribution in [-0.4, -0.2) is 33.3 Å². The zero-order chi connectivity index (χ0) is 17.7. The van der Waals surface area contributed by atoms with Crippen molar-refractivity contribution in [3.63, 3.8) is 0 Å². The molecule has 0 aliphatic carbocycles. The lowest BCUT2D eigenvalue weighted by Crippen LogP contribution is -2.39. The Morgan fingerprint density at radius 3 is 2.67 bits per heavy atom. The van der Waals surface area contributed by atoms with Crippen molar-refractivity contribution in [2.45, 2.75) is 6.92 Å². The lowest BCUT2D eigenvalue weighted by Gasteiger charge is -2.22. The Labute approximate surface area is 153 Å². The van der Waals surface area contributed by atoms with Gasteiger partial charge in [-0.05, 0) is 52.0 Å². The molecule has 1 amide bonds. The lowest BCUT2D eigenvalue weighted by molar-refractivity contribution is -0.119. The van der Waals surface area contributed by atoms with Crippen LogP contribution in [0.1, 0.15) is 10.4 Å². The average molecular weight is 430 g/mol. The van der Waals surface area contributed by atoms with Gasteiger partial charge in [-0.1, -0.05) is 12.1 Å². The fraction of sp³-hybridized carbons (Fsp3) is 0.200. The predicted molar refractivity (Wildman–Crippen MR) is 101 cm³/mol. The molecule has 24 heavy (non-hydrogen) atoms. The van der Waals surface area contributed by atoms with Crippen LogP contribution in [0, 0.1) is 6.92 Å². The number of nitrogens with one attached hydrogen (secondary N) is 1. The van der Waals surface area contributed by atoms with Gasteiger partial charge in [-0.3, -0.25) is 9.10 Å². The summed E-state index contributed by atoms with van der Waals surface area (Å²) in [6.07, 6.45) is 2.60. The summed E-state index contributed by atoms with van der Waals surface area (Å²) in [4.78, 5) is 13.0. The molecule has 0 bridgehead atoms. The molecule has 6 nitrogen and oxygen atoms in total. The molecular formula is C15H16BrN3O3S2. The molecule has 0 fully saturated rings. The summed E-state index contributed by atoms with van der Waals surface area (Å²) < 4.78 is 25.6. The Hall–Kier alpha value is -1.71. The van der Waals surface area contributed by atoms with E-state index in [1.54, 1.807) is 30.5 Å². The monoisotopic (exact) mass is 429 g/mol. The Balaban J connectivity index is 2.10. The number of hydrogen-bond acceptors (Lipinski definition) is 5. The van der Waals surface area contributed by atoms with E-state index in [0.717, 1.165) is 21.0 Å². The van der Waals surface area contributed by atoms with E-state index < -0.39 is 15.9 Å². The maximum absolute atomic E-state index is 12.1. The van der Waals surface area contributed by atoms with Gasteiger partial charge in [0.25, 0.3) is 5.91 Å². The average Bonchev–Trinajstić information content (AvgIpc) is 2.90. The Bertz CT molecular complexity index is 862. The highest BCUT2D eigenvalue weighted by atomic mass is 79.9. The minimum Gasteiger partial charge on any atom is -0.271 e. The SMILES string of the molecule is Cc1ccsc1/C=N\NC(=O)CN(c1ccccc1Br)S(C)(=O)=O. The van der Waals surface area contributed by atoms with E-state index in [0.29, 0.717) is 10.2 Å². The lowest BCUT2D eigenvalue weighted by atomic mass is 10.3. The van der Waals surface area contributed by atoms with Crippen molar-refractivity contribution in [3.8, 4) is 0 Å². The number of rotatable bonds is 6. The van der Waals surface area contributed by atoms with Gasteiger partial charge in [0.15, 0.2) is 0 Å². The van der Waals surface area contributed by atoms with Crippen LogP contribution in [0.25, 0.3) is 0 Å². The van der Waals surface area contributed by atoms with Crippen molar-refractivity contribution >= 4 is 55.1 Å². The standard InChI is InChI=1S/C15H16BrN3O3S2/c1-11-7-8-23-14(11)9-17-18-15(20)10-19(24(2,21)22)13-6-4-3-5-12(13)16/h3-9H,10H2,1-2H3,(H,18,20)/b17-9-. The van der Waals surface area contributed by atoms with Crippen molar-refractivity contribution in [1.82, 2.24) is 5.43 Å². The first-order chi connectivity index (χ1) is 11.3. The van der Waals surface area contributed by atoms with Gasteiger partial charge >= 0.3 is 0 Å². The number of hydrogen-bond donors (Lipinski definition) is 1. The molecule has 0 spiro atoms. The fourth-order valence-corrected chi connectivity index (χ4v) is 4.15. The maximum Gasteiger partial charge on any atom is 0.260 e. The molecule has 2 rings (SSSR count). The van der Waals surface area contributed by atoms with E-state index in [1.165, 1.54) is 11.3 Å². The van der Waals surface area contributed by atoms with Crippen LogP contribution in [0.3, 0.4) is 0 Å². The molecular weight excluding hydrogens is 414 g/mol. The number of aryl methyl sites for hydroxylation is 1. The molecule has 0 atom stereocenters. The fourth-order valence-electron chi connectivity index (χ4n) is 1.88. The molecule has 1 aromatic heterocycles. The number of sulfonamides is 1. The number of halogens is 1. The quantitative estimate of drug-likeness (QED) is 0.566. The number of amides is 1. The van der Waals surface area contributed by atoms with Crippen LogP contribution in [0.15, 0.2) is 45.3 Å². The van der Waals surface area contributed by atoms with E-state index in [-0.39, 0.29) is 6.54 Å². The molecule has 1 aromatic carbocycles. The highest BCUT2D eigenvalue weighted by Crippen LogP contribution is 2.27. The second kappa shape index (κ2) is 7.91. The van der Waals surface area contributed by atoms with Crippen LogP contribution in [0.4, 0.5) is 5.69 Å². The molecule has 0 unspecified atom stereocenters. The first-order valence-corrected chi connectivity index (χ1v) is 10.4. The summed E-state index contributed by atoms with van der Waals surface area (Å²) in [7, 11) is -3.62. The molecule has 1 N–H and O–H groups in total. The van der Waals surface area contributed by atoms with Gasteiger partial charge in [0, 0.05) is 9.35 Å². The van der Waals surface area contributed by atoms with Crippen LogP contribution < -0.4 is 9.73 Å². The number of anilines is 1. The predicted octanol–water partition coefficient (Wildman–Crippen LogP) is 2.74. The Morgan fingerprint density at radius 1 is 1.38 bits per heavy atom. The summed E-state index contributed by atoms with van der Waals surface area (Å²) in [5.74, 6) is -0.526. The first kappa shape index (κ1) is 18.6. The molecule has 0 aliphatic heterocycles. The van der Waals surface area contributed by atoms with Gasteiger partial charge in [0.2, 0.25) is 10.0 Å². The van der Waals surface area contributed by atoms with E-state index in [1.807, 2.05) is 18.4 Å². The van der Waals surface area contributed by atoms with Crippen LogP contribution in [0.2, 0.25) is 0 Å². The van der Waals surface area contributed by atoms with Gasteiger partial charge < -0.3 is 0 Å². The molecule has 9 heteroatoms. The third-order valence-electron chi connectivity index (χ3n) is 3.08. The molecule has 0 radical (unpaired) electrons. The van der Waals surface area contributed by atoms with E-state index in [2.05, 4.69) is 26.5 Å². The van der Waals surface area contributed by atoms with Crippen LogP contribution in [0.5, 0.6) is 0 Å². The second-order valence-electron chi connectivity index (χ2n) is 4.98. The highest BCUT2D eigenvalue weighted by Gasteiger charge is 2.22. The van der Waals surface area contributed by atoms with Gasteiger partial charge in [-0.25, -0.2) is 13.8 Å². The van der Waals surface area contributed by atoms with Crippen molar-refractivity contribution in [2.75, 3.05) is 17.1 Å². The smallest absolute Gasteiger partial charge is 0.260 e. The number of nitrogens with zero attached hydrogens (tertiary/aromatic N) is 2. The number of carbonyl (C=O) groups is 1. The summed E-state index contributed by atoms with van der Waals surface area (Å²) >= 11 is 4.81. The summed E-state index contributed by atoms with van der Waals surface area (Å²) in [6.45, 7) is 1.58. The third-order valence-corrected chi connectivity index (χ3v) is 5.83. The number of carbonyl (C=O) groups excluding carboxylic acids is 1. The molecule has 1 heterocycles. The van der Waals surface area contributed by atoms with Gasteiger partial charge in [-0.15, -0.1) is 11.3 Å². The van der Waals surface area contributed by atoms with Crippen molar-refractivity contribution in [1.29, 1.82) is 0 Å². The largest absolute Gasteiger partial charge is 0.271 e. The molecule has 128 valence electrons. The van der Waals surface area contributed by atoms with E-state index in [4.69, 9.17) is 0 Å². The van der Waals surface area contributed by atoms with Crippen LogP contribution >= 0.6 is 27.3 Å². The summed E-state index contributed by atoms with van der Waals surface area (Å²) in [5.41, 5.74) is 3.81. The normalized spacial score (nSPS) is 11.6. The second-order valence-corrected chi connectivity index (χ2v) is 8.69. The zero-order valence-corrected chi connectivity index (χ0v) is 16.3. The number of thiophene rings is 1. The Morgan fingerprint density at radius 2 is 2.08 bits per heavy atom. The minimum absolute atomic E-state index is 0.359. The van der Waals surface area contributed by atoms with Crippen molar-refractivity contribution in [2.24, 2.45) is 5.10 Å². The molecule has 0 aliphatic rings. The zero-order valence-electron chi connectivity index (χ0n) is 13.1. The van der Waals surface area contributed by atoms with Crippen LogP contribution in [-0.2, 0) is 14.8 Å². The van der Waals surface area contributed by atoms with E-state index >= 15 is 0 Å². The number of hydrazone groups is 1.